The molecule has 2 unspecified atom stereocenters. The molecule has 1 aromatic heterocycles. The molecule has 3 heterocycles. The molecule has 1 aromatic rings. The van der Waals surface area contributed by atoms with Crippen LogP contribution in [0.3, 0.4) is 0 Å². The Morgan fingerprint density at radius 3 is 2.29 bits per heavy atom. The summed E-state index contributed by atoms with van der Waals surface area (Å²) in [6.07, 6.45) is 8.84. The van der Waals surface area contributed by atoms with E-state index in [2.05, 4.69) is 29.8 Å². The zero-order valence-electron chi connectivity index (χ0n) is 18.0. The van der Waals surface area contributed by atoms with Gasteiger partial charge >= 0.3 is 0 Å². The number of fused-ring (bicyclic) bond motifs is 2. The quantitative estimate of drug-likeness (QED) is 0.769. The molecule has 4 rings (SSSR count). The standard InChI is InChI=1S/C23H36N4O/c1-5-26-13-19-10-11-20(14-26)27(19)23-24-12-21(16(4)25-23)17-6-8-18(9-7-17)22(28)15(2)3/h12,15,17-20H,5-11,13-14H2,1-4H3/t17-,18+,19?,20?. The maximum absolute atomic E-state index is 12.3. The number of likely N-dealkylation sites (N-methyl/N-ethyl adjacent to an activating group) is 1. The number of anilines is 1. The fourth-order valence-electron chi connectivity index (χ4n) is 5.72. The van der Waals surface area contributed by atoms with Crippen LogP contribution in [0.4, 0.5) is 5.95 Å². The molecular formula is C23H36N4O. The van der Waals surface area contributed by atoms with Crippen molar-refractivity contribution in [3.63, 3.8) is 0 Å². The van der Waals surface area contributed by atoms with Gasteiger partial charge in [0.15, 0.2) is 0 Å². The Hall–Kier alpha value is -1.49. The van der Waals surface area contributed by atoms with Crippen LogP contribution in [-0.4, -0.2) is 52.4 Å². The molecular weight excluding hydrogens is 348 g/mol. The topological polar surface area (TPSA) is 49.3 Å². The molecule has 0 radical (unpaired) electrons. The van der Waals surface area contributed by atoms with Crippen molar-refractivity contribution >= 4 is 11.7 Å². The highest BCUT2D eigenvalue weighted by Crippen LogP contribution is 2.39. The zero-order chi connectivity index (χ0) is 19.8. The molecule has 0 amide bonds. The molecule has 0 spiro atoms. The monoisotopic (exact) mass is 384 g/mol. The van der Waals surface area contributed by atoms with Crippen LogP contribution in [0, 0.1) is 18.8 Å². The van der Waals surface area contributed by atoms with Crippen LogP contribution in [0.5, 0.6) is 0 Å². The van der Waals surface area contributed by atoms with Crippen molar-refractivity contribution in [2.75, 3.05) is 24.5 Å². The summed E-state index contributed by atoms with van der Waals surface area (Å²) in [6, 6.07) is 1.14. The van der Waals surface area contributed by atoms with E-state index in [1.54, 1.807) is 0 Å². The molecule has 0 N–H and O–H groups in total. The van der Waals surface area contributed by atoms with E-state index in [-0.39, 0.29) is 11.8 Å². The van der Waals surface area contributed by atoms with Gasteiger partial charge in [0.1, 0.15) is 5.78 Å². The van der Waals surface area contributed by atoms with E-state index in [9.17, 15) is 4.79 Å². The Morgan fingerprint density at radius 1 is 1.11 bits per heavy atom. The summed E-state index contributed by atoms with van der Waals surface area (Å²) in [4.78, 5) is 27.2. The maximum atomic E-state index is 12.3. The van der Waals surface area contributed by atoms with E-state index in [1.807, 2.05) is 13.8 Å². The number of carbonyl (C=O) groups is 1. The Kier molecular flexibility index (Phi) is 5.73. The first-order chi connectivity index (χ1) is 13.5. The third kappa shape index (κ3) is 3.70. The van der Waals surface area contributed by atoms with E-state index in [0.717, 1.165) is 57.0 Å². The number of hydrogen-bond acceptors (Lipinski definition) is 5. The van der Waals surface area contributed by atoms with Crippen LogP contribution in [0.15, 0.2) is 6.20 Å². The number of likely N-dealkylation sites (tertiary alicyclic amines) is 1. The molecule has 2 atom stereocenters. The van der Waals surface area contributed by atoms with E-state index in [4.69, 9.17) is 9.97 Å². The van der Waals surface area contributed by atoms with Gasteiger partial charge in [-0.25, -0.2) is 9.97 Å². The van der Waals surface area contributed by atoms with Gasteiger partial charge in [-0.05, 0) is 63.5 Å². The van der Waals surface area contributed by atoms with Crippen molar-refractivity contribution in [3.8, 4) is 0 Å². The Morgan fingerprint density at radius 2 is 1.75 bits per heavy atom. The Balaban J connectivity index is 1.44. The highest BCUT2D eigenvalue weighted by Gasteiger charge is 2.41. The summed E-state index contributed by atoms with van der Waals surface area (Å²) in [5.41, 5.74) is 2.44. The first-order valence-corrected chi connectivity index (χ1v) is 11.4. The average Bonchev–Trinajstić information content (AvgIpc) is 2.97. The molecule has 5 nitrogen and oxygen atoms in total. The van der Waals surface area contributed by atoms with Crippen molar-refractivity contribution in [3.05, 3.63) is 17.5 Å². The summed E-state index contributed by atoms with van der Waals surface area (Å²) >= 11 is 0. The lowest BCUT2D eigenvalue weighted by Gasteiger charge is -2.41. The fourth-order valence-corrected chi connectivity index (χ4v) is 5.72. The van der Waals surface area contributed by atoms with Crippen molar-refractivity contribution < 1.29 is 4.79 Å². The number of aromatic nitrogens is 2. The second kappa shape index (κ2) is 8.10. The zero-order valence-corrected chi connectivity index (χ0v) is 18.0. The van der Waals surface area contributed by atoms with Gasteiger partial charge in [0.05, 0.1) is 0 Å². The van der Waals surface area contributed by atoms with E-state index in [1.165, 1.54) is 18.4 Å². The predicted octanol–water partition coefficient (Wildman–Crippen LogP) is 3.96. The third-order valence-corrected chi connectivity index (χ3v) is 7.38. The molecule has 2 bridgehead atoms. The number of Topliss-reactive ketones (excluding diaryl/α,β-unsaturated/α-hetero) is 1. The normalized spacial score (nSPS) is 30.8. The van der Waals surface area contributed by atoms with Crippen molar-refractivity contribution in [2.45, 2.75) is 84.2 Å². The number of aryl methyl sites for hydroxylation is 1. The summed E-state index contributed by atoms with van der Waals surface area (Å²) in [5.74, 6) is 2.33. The second-order valence-corrected chi connectivity index (χ2v) is 9.46. The van der Waals surface area contributed by atoms with Crippen LogP contribution < -0.4 is 4.90 Å². The van der Waals surface area contributed by atoms with Gasteiger partial charge < -0.3 is 4.90 Å². The van der Waals surface area contributed by atoms with Crippen LogP contribution in [0.2, 0.25) is 0 Å². The first-order valence-electron chi connectivity index (χ1n) is 11.4. The van der Waals surface area contributed by atoms with Gasteiger partial charge in [0.25, 0.3) is 0 Å². The van der Waals surface area contributed by atoms with E-state index >= 15 is 0 Å². The number of nitrogens with zero attached hydrogens (tertiary/aromatic N) is 4. The summed E-state index contributed by atoms with van der Waals surface area (Å²) < 4.78 is 0. The van der Waals surface area contributed by atoms with Gasteiger partial charge in [0, 0.05) is 48.9 Å². The summed E-state index contributed by atoms with van der Waals surface area (Å²) in [7, 11) is 0. The van der Waals surface area contributed by atoms with Crippen molar-refractivity contribution in [1.29, 1.82) is 0 Å². The number of carbonyl (C=O) groups excluding carboxylic acids is 1. The molecule has 2 aliphatic heterocycles. The summed E-state index contributed by atoms with van der Waals surface area (Å²) in [6.45, 7) is 11.9. The van der Waals surface area contributed by atoms with Crippen LogP contribution >= 0.6 is 0 Å². The average molecular weight is 385 g/mol. The summed E-state index contributed by atoms with van der Waals surface area (Å²) in [5, 5.41) is 0. The van der Waals surface area contributed by atoms with E-state index in [0.29, 0.717) is 23.8 Å². The lowest BCUT2D eigenvalue weighted by atomic mass is 9.75. The van der Waals surface area contributed by atoms with Gasteiger partial charge in [-0.2, -0.15) is 0 Å². The van der Waals surface area contributed by atoms with Crippen molar-refractivity contribution in [2.24, 2.45) is 11.8 Å². The van der Waals surface area contributed by atoms with Gasteiger partial charge in [-0.15, -0.1) is 0 Å². The van der Waals surface area contributed by atoms with Gasteiger partial charge in [0.2, 0.25) is 5.95 Å². The third-order valence-electron chi connectivity index (χ3n) is 7.38. The fraction of sp³-hybridized carbons (Fsp3) is 0.783. The van der Waals surface area contributed by atoms with Crippen LogP contribution in [-0.2, 0) is 4.79 Å². The van der Waals surface area contributed by atoms with Crippen LogP contribution in [0.25, 0.3) is 0 Å². The minimum Gasteiger partial charge on any atom is -0.332 e. The SMILES string of the molecule is CCN1CC2CCC(C1)N2c1ncc([C@H]2CC[C@@H](C(=O)C(C)C)CC2)c(C)n1. The van der Waals surface area contributed by atoms with Crippen molar-refractivity contribution in [1.82, 2.24) is 14.9 Å². The minimum absolute atomic E-state index is 0.162. The largest absolute Gasteiger partial charge is 0.332 e. The molecule has 3 aliphatic rings. The van der Waals surface area contributed by atoms with Crippen LogP contribution in [0.1, 0.15) is 76.5 Å². The molecule has 1 saturated carbocycles. The molecule has 5 heteroatoms. The molecule has 1 aliphatic carbocycles. The smallest absolute Gasteiger partial charge is 0.226 e. The lowest BCUT2D eigenvalue weighted by molar-refractivity contribution is -0.126. The highest BCUT2D eigenvalue weighted by atomic mass is 16.1. The lowest BCUT2D eigenvalue weighted by Crippen LogP contribution is -2.54. The predicted molar refractivity (Wildman–Crippen MR) is 113 cm³/mol. The minimum atomic E-state index is 0.162. The molecule has 154 valence electrons. The number of ketones is 1. The molecule has 3 fully saturated rings. The Labute approximate surface area is 169 Å². The second-order valence-electron chi connectivity index (χ2n) is 9.46. The number of piperazine rings is 1. The molecule has 0 aromatic carbocycles. The number of hydrogen-bond donors (Lipinski definition) is 0. The van der Waals surface area contributed by atoms with E-state index < -0.39 is 0 Å². The van der Waals surface area contributed by atoms with Gasteiger partial charge in [-0.3, -0.25) is 9.69 Å². The first kappa shape index (κ1) is 19.8. The maximum Gasteiger partial charge on any atom is 0.226 e. The molecule has 28 heavy (non-hydrogen) atoms. The number of rotatable bonds is 5. The van der Waals surface area contributed by atoms with Gasteiger partial charge in [-0.1, -0.05) is 20.8 Å². The molecule has 2 saturated heterocycles. The highest BCUT2D eigenvalue weighted by molar-refractivity contribution is 5.82. The Bertz CT molecular complexity index is 697.